The van der Waals surface area contributed by atoms with E-state index in [9.17, 15) is 9.59 Å². The molecule has 0 aliphatic carbocycles. The number of aromatic nitrogens is 2. The van der Waals surface area contributed by atoms with Crippen LogP contribution in [0, 0.1) is 6.92 Å². The van der Waals surface area contributed by atoms with E-state index >= 15 is 0 Å². The number of hydrogen-bond donors (Lipinski definition) is 0. The minimum atomic E-state index is -0.328. The first-order valence-electron chi connectivity index (χ1n) is 9.49. The van der Waals surface area contributed by atoms with Gasteiger partial charge in [-0.3, -0.25) is 4.79 Å². The summed E-state index contributed by atoms with van der Waals surface area (Å²) in [4.78, 5) is 32.6. The van der Waals surface area contributed by atoms with Crippen molar-refractivity contribution >= 4 is 23.0 Å². The molecular formula is C20H28N4O3. The molecule has 1 aromatic heterocycles. The molecule has 1 aromatic carbocycles. The van der Waals surface area contributed by atoms with Gasteiger partial charge >= 0.3 is 6.09 Å². The number of amides is 2. The van der Waals surface area contributed by atoms with Crippen molar-refractivity contribution in [1.82, 2.24) is 19.4 Å². The molecule has 27 heavy (non-hydrogen) atoms. The summed E-state index contributed by atoms with van der Waals surface area (Å²) in [6.45, 7) is 8.62. The highest BCUT2D eigenvalue weighted by atomic mass is 16.5. The maximum atomic E-state index is 12.7. The number of imidazole rings is 1. The Morgan fingerprint density at radius 3 is 2.56 bits per heavy atom. The molecule has 2 heterocycles. The van der Waals surface area contributed by atoms with Crippen LogP contribution in [-0.2, 0) is 16.0 Å². The summed E-state index contributed by atoms with van der Waals surface area (Å²) in [5, 5.41) is 0. The average Bonchev–Trinajstić information content (AvgIpc) is 2.80. The molecule has 0 saturated carbocycles. The number of carbonyl (C=O) groups is 2. The maximum Gasteiger partial charge on any atom is 0.409 e. The largest absolute Gasteiger partial charge is 0.453 e. The third kappa shape index (κ3) is 4.07. The van der Waals surface area contributed by atoms with Crippen LogP contribution in [0.2, 0.25) is 0 Å². The molecule has 0 radical (unpaired) electrons. The second kappa shape index (κ2) is 7.98. The predicted molar refractivity (Wildman–Crippen MR) is 104 cm³/mol. The number of hydrogen-bond acceptors (Lipinski definition) is 4. The summed E-state index contributed by atoms with van der Waals surface area (Å²) in [7, 11) is 1.38. The van der Waals surface area contributed by atoms with Gasteiger partial charge in [0.05, 0.1) is 24.6 Å². The highest BCUT2D eigenvalue weighted by molar-refractivity contribution is 5.82. The molecule has 0 N–H and O–H groups in total. The molecule has 0 spiro atoms. The number of fused-ring (bicyclic) bond motifs is 1. The lowest BCUT2D eigenvalue weighted by molar-refractivity contribution is -0.130. The Hall–Kier alpha value is -2.57. The standard InChI is InChI=1S/C20H28N4O3/c1-14(2)24-15(3)21-17-12-16(6-7-18(17)24)13-19(25)22-8-5-9-23(11-10-22)20(26)27-4/h6-7,12,14H,5,8-11,13H2,1-4H3. The van der Waals surface area contributed by atoms with Crippen LogP contribution in [0.15, 0.2) is 18.2 Å². The van der Waals surface area contributed by atoms with Crippen LogP contribution >= 0.6 is 0 Å². The van der Waals surface area contributed by atoms with Crippen LogP contribution in [-0.4, -0.2) is 64.6 Å². The molecule has 146 valence electrons. The van der Waals surface area contributed by atoms with E-state index in [1.54, 1.807) is 4.90 Å². The number of methoxy groups -OCH3 is 1. The Kier molecular flexibility index (Phi) is 5.68. The van der Waals surface area contributed by atoms with Gasteiger partial charge in [-0.25, -0.2) is 9.78 Å². The monoisotopic (exact) mass is 372 g/mol. The maximum absolute atomic E-state index is 12.7. The number of carbonyl (C=O) groups excluding carboxylic acids is 2. The number of ether oxygens (including phenoxy) is 1. The van der Waals surface area contributed by atoms with Gasteiger partial charge in [-0.1, -0.05) is 6.07 Å². The topological polar surface area (TPSA) is 67.7 Å². The van der Waals surface area contributed by atoms with E-state index in [1.807, 2.05) is 24.0 Å². The number of rotatable bonds is 3. The fraction of sp³-hybridized carbons (Fsp3) is 0.550. The summed E-state index contributed by atoms with van der Waals surface area (Å²) in [6.07, 6.45) is 0.783. The first-order valence-corrected chi connectivity index (χ1v) is 9.49. The Morgan fingerprint density at radius 2 is 1.85 bits per heavy atom. The molecule has 1 saturated heterocycles. The highest BCUT2D eigenvalue weighted by Gasteiger charge is 2.22. The Labute approximate surface area is 159 Å². The van der Waals surface area contributed by atoms with E-state index in [4.69, 9.17) is 4.74 Å². The van der Waals surface area contributed by atoms with Crippen molar-refractivity contribution in [3.8, 4) is 0 Å². The number of benzene rings is 1. The van der Waals surface area contributed by atoms with E-state index in [1.165, 1.54) is 7.11 Å². The SMILES string of the molecule is COC(=O)N1CCCN(C(=O)Cc2ccc3c(c2)nc(C)n3C(C)C)CC1. The second-order valence-corrected chi connectivity index (χ2v) is 7.31. The van der Waals surface area contributed by atoms with E-state index in [0.717, 1.165) is 28.8 Å². The average molecular weight is 372 g/mol. The third-order valence-electron chi connectivity index (χ3n) is 5.08. The molecule has 1 fully saturated rings. The van der Waals surface area contributed by atoms with Gasteiger partial charge in [0.1, 0.15) is 5.82 Å². The van der Waals surface area contributed by atoms with Crippen molar-refractivity contribution in [1.29, 1.82) is 0 Å². The van der Waals surface area contributed by atoms with Crippen molar-refractivity contribution in [2.24, 2.45) is 0 Å². The van der Waals surface area contributed by atoms with Gasteiger partial charge in [-0.15, -0.1) is 0 Å². The van der Waals surface area contributed by atoms with Gasteiger partial charge in [0.25, 0.3) is 0 Å². The van der Waals surface area contributed by atoms with Crippen molar-refractivity contribution in [3.05, 3.63) is 29.6 Å². The van der Waals surface area contributed by atoms with Crippen molar-refractivity contribution in [2.45, 2.75) is 39.7 Å². The van der Waals surface area contributed by atoms with Crippen LogP contribution in [0.4, 0.5) is 4.79 Å². The van der Waals surface area contributed by atoms with Gasteiger partial charge in [0.15, 0.2) is 0 Å². The van der Waals surface area contributed by atoms with Crippen LogP contribution in [0.25, 0.3) is 11.0 Å². The molecular weight excluding hydrogens is 344 g/mol. The predicted octanol–water partition coefficient (Wildman–Crippen LogP) is 2.77. The molecule has 1 aliphatic heterocycles. The van der Waals surface area contributed by atoms with Crippen molar-refractivity contribution in [2.75, 3.05) is 33.3 Å². The molecule has 0 atom stereocenters. The Bertz CT molecular complexity index is 843. The van der Waals surface area contributed by atoms with Crippen LogP contribution < -0.4 is 0 Å². The Morgan fingerprint density at radius 1 is 1.15 bits per heavy atom. The smallest absolute Gasteiger partial charge is 0.409 e. The van der Waals surface area contributed by atoms with E-state index in [2.05, 4.69) is 29.5 Å². The third-order valence-corrected chi connectivity index (χ3v) is 5.08. The van der Waals surface area contributed by atoms with Crippen LogP contribution in [0.1, 0.15) is 37.7 Å². The lowest BCUT2D eigenvalue weighted by Gasteiger charge is -2.21. The van der Waals surface area contributed by atoms with Crippen molar-refractivity contribution in [3.63, 3.8) is 0 Å². The fourth-order valence-corrected chi connectivity index (χ4v) is 3.79. The quantitative estimate of drug-likeness (QED) is 0.831. The zero-order chi connectivity index (χ0) is 19.6. The van der Waals surface area contributed by atoms with Gasteiger partial charge in [-0.05, 0) is 44.9 Å². The van der Waals surface area contributed by atoms with Gasteiger partial charge in [-0.2, -0.15) is 0 Å². The zero-order valence-electron chi connectivity index (χ0n) is 16.6. The number of nitrogens with zero attached hydrogens (tertiary/aromatic N) is 4. The van der Waals surface area contributed by atoms with Crippen molar-refractivity contribution < 1.29 is 14.3 Å². The minimum Gasteiger partial charge on any atom is -0.453 e. The first-order chi connectivity index (χ1) is 12.9. The normalized spacial score (nSPS) is 15.3. The minimum absolute atomic E-state index is 0.0843. The van der Waals surface area contributed by atoms with E-state index < -0.39 is 0 Å². The second-order valence-electron chi connectivity index (χ2n) is 7.31. The van der Waals surface area contributed by atoms with E-state index in [-0.39, 0.29) is 12.0 Å². The summed E-state index contributed by atoms with van der Waals surface area (Å²) in [5.41, 5.74) is 3.00. The molecule has 3 rings (SSSR count). The lowest BCUT2D eigenvalue weighted by atomic mass is 10.1. The summed E-state index contributed by atoms with van der Waals surface area (Å²) < 4.78 is 6.99. The molecule has 7 nitrogen and oxygen atoms in total. The van der Waals surface area contributed by atoms with Gasteiger partial charge in [0, 0.05) is 32.2 Å². The van der Waals surface area contributed by atoms with Crippen LogP contribution in [0.5, 0.6) is 0 Å². The molecule has 1 aliphatic rings. The summed E-state index contributed by atoms with van der Waals surface area (Å²) in [6, 6.07) is 6.42. The lowest BCUT2D eigenvalue weighted by Crippen LogP contribution is -2.37. The van der Waals surface area contributed by atoms with Gasteiger partial charge < -0.3 is 19.1 Å². The molecule has 7 heteroatoms. The van der Waals surface area contributed by atoms with Crippen LogP contribution in [0.3, 0.4) is 0 Å². The molecule has 2 amide bonds. The number of aryl methyl sites for hydroxylation is 1. The summed E-state index contributed by atoms with van der Waals surface area (Å²) in [5.74, 6) is 1.07. The fourth-order valence-electron chi connectivity index (χ4n) is 3.79. The molecule has 0 unspecified atom stereocenters. The highest BCUT2D eigenvalue weighted by Crippen LogP contribution is 2.22. The van der Waals surface area contributed by atoms with E-state index in [0.29, 0.717) is 38.6 Å². The molecule has 2 aromatic rings. The van der Waals surface area contributed by atoms with Gasteiger partial charge in [0.2, 0.25) is 5.91 Å². The first kappa shape index (κ1) is 19.2. The zero-order valence-corrected chi connectivity index (χ0v) is 16.6. The summed E-state index contributed by atoms with van der Waals surface area (Å²) >= 11 is 0. The Balaban J connectivity index is 1.70. The molecule has 0 bridgehead atoms.